The Hall–Kier alpha value is -0.970. The van der Waals surface area contributed by atoms with E-state index in [4.69, 9.17) is 28.9 Å². The Morgan fingerprint density at radius 2 is 1.95 bits per heavy atom. The molecule has 19 heavy (non-hydrogen) atoms. The van der Waals surface area contributed by atoms with Gasteiger partial charge in [0.15, 0.2) is 0 Å². The van der Waals surface area contributed by atoms with Gasteiger partial charge in [0.1, 0.15) is 0 Å². The average molecular weight is 304 g/mol. The molecule has 106 valence electrons. The minimum absolute atomic E-state index is 0.0189. The summed E-state index contributed by atoms with van der Waals surface area (Å²) in [7, 11) is 0. The molecule has 4 N–H and O–H groups in total. The first-order chi connectivity index (χ1) is 9.05. The number of nitrogens with two attached hydrogens (primary N) is 1. The average Bonchev–Trinajstić information content (AvgIpc) is 2.33. The monoisotopic (exact) mass is 303 g/mol. The van der Waals surface area contributed by atoms with E-state index in [0.717, 1.165) is 19.3 Å². The van der Waals surface area contributed by atoms with E-state index in [0.29, 0.717) is 22.3 Å². The molecule has 0 saturated carbocycles. The number of hydrogen-bond donors (Lipinski definition) is 3. The molecule has 0 bridgehead atoms. The fraction of sp³-hybridized carbons (Fsp3) is 0.462. The fourth-order valence-electron chi connectivity index (χ4n) is 1.68. The molecule has 0 fully saturated rings. The smallest absolute Gasteiger partial charge is 0.319 e. The van der Waals surface area contributed by atoms with Gasteiger partial charge >= 0.3 is 6.03 Å². The van der Waals surface area contributed by atoms with Crippen LogP contribution in [0.15, 0.2) is 18.2 Å². The van der Waals surface area contributed by atoms with E-state index < -0.39 is 0 Å². The van der Waals surface area contributed by atoms with Gasteiger partial charge in [0, 0.05) is 28.3 Å². The second-order valence-corrected chi connectivity index (χ2v) is 5.20. The number of anilines is 1. The van der Waals surface area contributed by atoms with Gasteiger partial charge in [0.05, 0.1) is 0 Å². The van der Waals surface area contributed by atoms with Gasteiger partial charge in [-0.3, -0.25) is 0 Å². The van der Waals surface area contributed by atoms with Crippen molar-refractivity contribution in [1.82, 2.24) is 5.32 Å². The van der Waals surface area contributed by atoms with Crippen molar-refractivity contribution in [2.24, 2.45) is 5.73 Å². The minimum Gasteiger partial charge on any atom is -0.334 e. The number of carbonyl (C=O) groups is 1. The molecular formula is C13H19Cl2N3O. The van der Waals surface area contributed by atoms with Gasteiger partial charge < -0.3 is 16.4 Å². The number of hydrogen-bond acceptors (Lipinski definition) is 2. The molecule has 0 aromatic heterocycles. The first-order valence-corrected chi connectivity index (χ1v) is 7.04. The van der Waals surface area contributed by atoms with Gasteiger partial charge in [-0.25, -0.2) is 4.79 Å². The van der Waals surface area contributed by atoms with E-state index in [1.165, 1.54) is 0 Å². The van der Waals surface area contributed by atoms with Crippen LogP contribution in [0.1, 0.15) is 26.2 Å². The minimum atomic E-state index is -0.301. The second-order valence-electron chi connectivity index (χ2n) is 4.33. The van der Waals surface area contributed by atoms with Crippen LogP contribution in [-0.2, 0) is 0 Å². The molecule has 0 radical (unpaired) electrons. The zero-order valence-electron chi connectivity index (χ0n) is 10.9. The molecule has 4 nitrogen and oxygen atoms in total. The molecule has 1 unspecified atom stereocenters. The first-order valence-electron chi connectivity index (χ1n) is 6.28. The van der Waals surface area contributed by atoms with E-state index in [9.17, 15) is 4.79 Å². The normalized spacial score (nSPS) is 12.0. The third-order valence-corrected chi connectivity index (χ3v) is 3.08. The highest BCUT2D eigenvalue weighted by Gasteiger charge is 2.10. The standard InChI is InChI=1S/C13H19Cl2N3O/c1-2-3-4-11(8-16)17-13(19)18-12-6-9(14)5-10(15)7-12/h5-7,11H,2-4,8,16H2,1H3,(H2,17,18,19). The summed E-state index contributed by atoms with van der Waals surface area (Å²) in [5, 5.41) is 6.47. The molecule has 1 rings (SSSR count). The maximum atomic E-state index is 11.8. The van der Waals surface area contributed by atoms with Gasteiger partial charge in [-0.05, 0) is 24.6 Å². The van der Waals surface area contributed by atoms with Crippen LogP contribution in [0.2, 0.25) is 10.0 Å². The molecule has 0 aliphatic carbocycles. The number of carbonyl (C=O) groups excluding carboxylic acids is 1. The molecule has 6 heteroatoms. The lowest BCUT2D eigenvalue weighted by Gasteiger charge is -2.17. The van der Waals surface area contributed by atoms with Crippen LogP contribution in [-0.4, -0.2) is 18.6 Å². The second kappa shape index (κ2) is 8.25. The van der Waals surface area contributed by atoms with E-state index in [2.05, 4.69) is 17.6 Å². The lowest BCUT2D eigenvalue weighted by atomic mass is 10.1. The molecule has 0 heterocycles. The summed E-state index contributed by atoms with van der Waals surface area (Å²) in [6.45, 7) is 2.52. The number of unbranched alkanes of at least 4 members (excludes halogenated alkanes) is 1. The number of amides is 2. The summed E-state index contributed by atoms with van der Waals surface area (Å²) in [5.74, 6) is 0. The van der Waals surface area contributed by atoms with E-state index in [-0.39, 0.29) is 12.1 Å². The number of benzene rings is 1. The van der Waals surface area contributed by atoms with E-state index in [1.807, 2.05) is 0 Å². The zero-order chi connectivity index (χ0) is 14.3. The molecule has 0 aliphatic heterocycles. The Kier molecular flexibility index (Phi) is 6.99. The van der Waals surface area contributed by atoms with Crippen LogP contribution in [0.3, 0.4) is 0 Å². The topological polar surface area (TPSA) is 67.1 Å². The maximum absolute atomic E-state index is 11.8. The van der Waals surface area contributed by atoms with Gasteiger partial charge in [0.2, 0.25) is 0 Å². The third-order valence-electron chi connectivity index (χ3n) is 2.65. The van der Waals surface area contributed by atoms with Crippen molar-refractivity contribution in [1.29, 1.82) is 0 Å². The number of nitrogens with one attached hydrogen (secondary N) is 2. The highest BCUT2D eigenvalue weighted by molar-refractivity contribution is 6.35. The van der Waals surface area contributed by atoms with Crippen molar-refractivity contribution < 1.29 is 4.79 Å². The van der Waals surface area contributed by atoms with Crippen LogP contribution >= 0.6 is 23.2 Å². The largest absolute Gasteiger partial charge is 0.334 e. The maximum Gasteiger partial charge on any atom is 0.319 e. The third kappa shape index (κ3) is 6.14. The molecule has 2 amide bonds. The molecule has 0 spiro atoms. The van der Waals surface area contributed by atoms with Crippen molar-refractivity contribution in [3.63, 3.8) is 0 Å². The molecule has 1 aromatic carbocycles. The molecule has 1 aromatic rings. The van der Waals surface area contributed by atoms with Crippen LogP contribution in [0.25, 0.3) is 0 Å². The zero-order valence-corrected chi connectivity index (χ0v) is 12.4. The number of halogens is 2. The summed E-state index contributed by atoms with van der Waals surface area (Å²) in [6, 6.07) is 4.56. The Labute approximate surface area is 123 Å². The Balaban J connectivity index is 2.53. The summed E-state index contributed by atoms with van der Waals surface area (Å²) in [4.78, 5) is 11.8. The predicted octanol–water partition coefficient (Wildman–Crippen LogP) is 3.63. The summed E-state index contributed by atoms with van der Waals surface area (Å²) in [6.07, 6.45) is 2.98. The van der Waals surface area contributed by atoms with Gasteiger partial charge in [-0.1, -0.05) is 43.0 Å². The van der Waals surface area contributed by atoms with Crippen LogP contribution in [0.5, 0.6) is 0 Å². The van der Waals surface area contributed by atoms with Crippen LogP contribution < -0.4 is 16.4 Å². The van der Waals surface area contributed by atoms with Crippen molar-refractivity contribution in [2.75, 3.05) is 11.9 Å². The Bertz CT molecular complexity index is 406. The number of urea groups is 1. The highest BCUT2D eigenvalue weighted by Crippen LogP contribution is 2.22. The van der Waals surface area contributed by atoms with Crippen molar-refractivity contribution in [3.05, 3.63) is 28.2 Å². The molecule has 1 atom stereocenters. The number of rotatable bonds is 6. The molecule has 0 aliphatic rings. The van der Waals surface area contributed by atoms with Gasteiger partial charge in [0.25, 0.3) is 0 Å². The van der Waals surface area contributed by atoms with Gasteiger partial charge in [-0.15, -0.1) is 0 Å². The Morgan fingerprint density at radius 1 is 1.32 bits per heavy atom. The quantitative estimate of drug-likeness (QED) is 0.751. The van der Waals surface area contributed by atoms with E-state index in [1.54, 1.807) is 18.2 Å². The lowest BCUT2D eigenvalue weighted by Crippen LogP contribution is -2.42. The summed E-state index contributed by atoms with van der Waals surface area (Å²) in [5.41, 5.74) is 6.18. The van der Waals surface area contributed by atoms with Crippen molar-refractivity contribution in [3.8, 4) is 0 Å². The van der Waals surface area contributed by atoms with Crippen molar-refractivity contribution in [2.45, 2.75) is 32.2 Å². The summed E-state index contributed by atoms with van der Waals surface area (Å²) >= 11 is 11.7. The molecule has 0 saturated heterocycles. The lowest BCUT2D eigenvalue weighted by molar-refractivity contribution is 0.247. The van der Waals surface area contributed by atoms with Crippen LogP contribution in [0, 0.1) is 0 Å². The first kappa shape index (κ1) is 16.1. The molecular weight excluding hydrogens is 285 g/mol. The summed E-state index contributed by atoms with van der Waals surface area (Å²) < 4.78 is 0. The van der Waals surface area contributed by atoms with Gasteiger partial charge in [-0.2, -0.15) is 0 Å². The Morgan fingerprint density at radius 3 is 2.47 bits per heavy atom. The fourth-order valence-corrected chi connectivity index (χ4v) is 2.20. The SMILES string of the molecule is CCCCC(CN)NC(=O)Nc1cc(Cl)cc(Cl)c1. The van der Waals surface area contributed by atoms with Crippen molar-refractivity contribution >= 4 is 34.9 Å². The van der Waals surface area contributed by atoms with Crippen LogP contribution in [0.4, 0.5) is 10.5 Å². The predicted molar refractivity (Wildman–Crippen MR) is 81.0 cm³/mol. The highest BCUT2D eigenvalue weighted by atomic mass is 35.5. The van der Waals surface area contributed by atoms with E-state index >= 15 is 0 Å².